The van der Waals surface area contributed by atoms with Gasteiger partial charge in [-0.05, 0) is 36.0 Å². The van der Waals surface area contributed by atoms with Gasteiger partial charge in [0.1, 0.15) is 0 Å². The zero-order chi connectivity index (χ0) is 19.9. The van der Waals surface area contributed by atoms with Gasteiger partial charge in [0, 0.05) is 32.2 Å². The highest BCUT2D eigenvalue weighted by Gasteiger charge is 2.36. The van der Waals surface area contributed by atoms with Crippen LogP contribution in [0.2, 0.25) is 0 Å². The van der Waals surface area contributed by atoms with E-state index in [4.69, 9.17) is 0 Å². The number of nitrogens with zero attached hydrogens (tertiary/aromatic N) is 4. The lowest BCUT2D eigenvalue weighted by molar-refractivity contribution is 0.0833. The largest absolute Gasteiger partial charge is 0.339 e. The molecule has 0 aromatic heterocycles. The maximum absolute atomic E-state index is 13.3. The monoisotopic (exact) mass is 404 g/mol. The Labute approximate surface area is 169 Å². The third-order valence-electron chi connectivity index (χ3n) is 6.28. The third kappa shape index (κ3) is 3.66. The minimum absolute atomic E-state index is 0.00265. The summed E-state index contributed by atoms with van der Waals surface area (Å²) in [6, 6.07) is 8.07. The first-order valence-corrected chi connectivity index (χ1v) is 11.9. The number of aliphatic imine (C=N–C) groups is 1. The van der Waals surface area contributed by atoms with E-state index in [1.165, 1.54) is 23.6 Å². The average Bonchev–Trinajstić information content (AvgIpc) is 3.11. The summed E-state index contributed by atoms with van der Waals surface area (Å²) in [7, 11) is -3.58. The van der Waals surface area contributed by atoms with Crippen molar-refractivity contribution in [2.45, 2.75) is 56.4 Å². The predicted octanol–water partition coefficient (Wildman–Crippen LogP) is 2.51. The van der Waals surface area contributed by atoms with Gasteiger partial charge in [-0.3, -0.25) is 9.89 Å². The Morgan fingerprint density at radius 2 is 1.61 bits per heavy atom. The minimum Gasteiger partial charge on any atom is -0.339 e. The van der Waals surface area contributed by atoms with Crippen LogP contribution in [0, 0.1) is 0 Å². The van der Waals surface area contributed by atoms with Crippen LogP contribution >= 0.6 is 0 Å². The molecule has 0 N–H and O–H groups in total. The van der Waals surface area contributed by atoms with Gasteiger partial charge in [0.05, 0.1) is 18.0 Å². The second-order valence-electron chi connectivity index (χ2n) is 9.14. The Morgan fingerprint density at radius 3 is 2.14 bits per heavy atom. The third-order valence-corrected chi connectivity index (χ3v) is 8.07. The highest BCUT2D eigenvalue weighted by atomic mass is 32.2. The standard InChI is InChI=1S/C21H32N4O2S/c1-21(2,3)17-7-9-19(10-8-17)28(26,27)25-12-11-22-20(25)24-15-13-23(14-16-24)18-5-4-6-18/h7-10,18H,4-6,11-16H2,1-3H3. The quantitative estimate of drug-likeness (QED) is 0.777. The van der Waals surface area contributed by atoms with Crippen molar-refractivity contribution in [1.29, 1.82) is 0 Å². The van der Waals surface area contributed by atoms with Crippen LogP contribution in [0.25, 0.3) is 0 Å². The van der Waals surface area contributed by atoms with E-state index >= 15 is 0 Å². The van der Waals surface area contributed by atoms with Crippen LogP contribution in [0.1, 0.15) is 45.6 Å². The summed E-state index contributed by atoms with van der Waals surface area (Å²) in [5, 5.41) is 0. The van der Waals surface area contributed by atoms with E-state index in [0.29, 0.717) is 23.9 Å². The Morgan fingerprint density at radius 1 is 0.964 bits per heavy atom. The number of benzene rings is 1. The average molecular weight is 405 g/mol. The Balaban J connectivity index is 1.48. The smallest absolute Gasteiger partial charge is 0.266 e. The summed E-state index contributed by atoms with van der Waals surface area (Å²) in [5.41, 5.74) is 1.14. The van der Waals surface area contributed by atoms with Crippen LogP contribution in [-0.4, -0.2) is 73.8 Å². The van der Waals surface area contributed by atoms with Crippen LogP contribution in [-0.2, 0) is 15.4 Å². The number of hydrogen-bond donors (Lipinski definition) is 0. The van der Waals surface area contributed by atoms with Gasteiger partial charge >= 0.3 is 0 Å². The summed E-state index contributed by atoms with van der Waals surface area (Å²) in [6.07, 6.45) is 3.97. The molecule has 2 heterocycles. The highest BCUT2D eigenvalue weighted by Crippen LogP contribution is 2.28. The van der Waals surface area contributed by atoms with Gasteiger partial charge in [0.25, 0.3) is 10.0 Å². The van der Waals surface area contributed by atoms with E-state index in [9.17, 15) is 8.42 Å². The first-order valence-electron chi connectivity index (χ1n) is 10.4. The summed E-state index contributed by atoms with van der Waals surface area (Å²) >= 11 is 0. The van der Waals surface area contributed by atoms with E-state index < -0.39 is 10.0 Å². The van der Waals surface area contributed by atoms with E-state index in [0.717, 1.165) is 37.8 Å². The Kier molecular flexibility index (Phi) is 5.16. The zero-order valence-corrected chi connectivity index (χ0v) is 18.1. The van der Waals surface area contributed by atoms with Crippen molar-refractivity contribution in [2.75, 3.05) is 39.3 Å². The lowest BCUT2D eigenvalue weighted by Gasteiger charge is -2.44. The van der Waals surface area contributed by atoms with Gasteiger partial charge in [0.2, 0.25) is 5.96 Å². The molecule has 0 amide bonds. The molecular weight excluding hydrogens is 372 g/mol. The number of guanidine groups is 1. The number of sulfonamides is 1. The molecule has 0 radical (unpaired) electrons. The molecule has 2 aliphatic heterocycles. The first kappa shape index (κ1) is 19.7. The van der Waals surface area contributed by atoms with Crippen LogP contribution in [0.5, 0.6) is 0 Å². The molecule has 0 bridgehead atoms. The van der Waals surface area contributed by atoms with Crippen LogP contribution < -0.4 is 0 Å². The molecule has 0 atom stereocenters. The molecule has 3 aliphatic rings. The molecular formula is C21H32N4O2S. The van der Waals surface area contributed by atoms with E-state index in [2.05, 4.69) is 35.6 Å². The Bertz CT molecular complexity index is 830. The minimum atomic E-state index is -3.58. The highest BCUT2D eigenvalue weighted by molar-refractivity contribution is 7.89. The predicted molar refractivity (Wildman–Crippen MR) is 112 cm³/mol. The van der Waals surface area contributed by atoms with Crippen LogP contribution in [0.3, 0.4) is 0 Å². The molecule has 1 aromatic rings. The summed E-state index contributed by atoms with van der Waals surface area (Å²) in [6.45, 7) is 11.1. The maximum Gasteiger partial charge on any atom is 0.266 e. The normalized spacial score (nSPS) is 22.3. The molecule has 0 unspecified atom stereocenters. The molecule has 1 saturated carbocycles. The second kappa shape index (κ2) is 7.34. The fraction of sp³-hybridized carbons (Fsp3) is 0.667. The van der Waals surface area contributed by atoms with Crippen molar-refractivity contribution in [3.8, 4) is 0 Å². The van der Waals surface area contributed by atoms with E-state index in [1.54, 1.807) is 12.1 Å². The van der Waals surface area contributed by atoms with Gasteiger partial charge in [0.15, 0.2) is 0 Å². The lowest BCUT2D eigenvalue weighted by Crippen LogP contribution is -2.56. The van der Waals surface area contributed by atoms with Crippen molar-refractivity contribution in [1.82, 2.24) is 14.1 Å². The van der Waals surface area contributed by atoms with Crippen LogP contribution in [0.15, 0.2) is 34.2 Å². The molecule has 0 spiro atoms. The molecule has 1 aromatic carbocycles. The fourth-order valence-electron chi connectivity index (χ4n) is 4.20. The molecule has 2 fully saturated rings. The molecule has 6 nitrogen and oxygen atoms in total. The molecule has 154 valence electrons. The Hall–Kier alpha value is -1.60. The van der Waals surface area contributed by atoms with Gasteiger partial charge in [-0.2, -0.15) is 0 Å². The van der Waals surface area contributed by atoms with Crippen molar-refractivity contribution in [3.63, 3.8) is 0 Å². The summed E-state index contributed by atoms with van der Waals surface area (Å²) in [5.74, 6) is 0.633. The summed E-state index contributed by atoms with van der Waals surface area (Å²) in [4.78, 5) is 9.63. The number of rotatable bonds is 3. The van der Waals surface area contributed by atoms with Crippen molar-refractivity contribution in [3.05, 3.63) is 29.8 Å². The molecule has 1 aliphatic carbocycles. The fourth-order valence-corrected chi connectivity index (χ4v) is 5.64. The van der Waals surface area contributed by atoms with E-state index in [-0.39, 0.29) is 5.41 Å². The van der Waals surface area contributed by atoms with E-state index in [1.807, 2.05) is 12.1 Å². The first-order chi connectivity index (χ1) is 13.3. The zero-order valence-electron chi connectivity index (χ0n) is 17.3. The summed E-state index contributed by atoms with van der Waals surface area (Å²) < 4.78 is 28.1. The van der Waals surface area contributed by atoms with Crippen molar-refractivity contribution >= 4 is 16.0 Å². The van der Waals surface area contributed by atoms with Gasteiger partial charge in [-0.15, -0.1) is 0 Å². The maximum atomic E-state index is 13.3. The lowest BCUT2D eigenvalue weighted by atomic mass is 9.87. The van der Waals surface area contributed by atoms with Crippen molar-refractivity contribution in [2.24, 2.45) is 4.99 Å². The van der Waals surface area contributed by atoms with Crippen LogP contribution in [0.4, 0.5) is 0 Å². The van der Waals surface area contributed by atoms with Gasteiger partial charge in [-0.25, -0.2) is 12.7 Å². The second-order valence-corrected chi connectivity index (χ2v) is 11.0. The molecule has 1 saturated heterocycles. The van der Waals surface area contributed by atoms with Gasteiger partial charge < -0.3 is 4.90 Å². The number of piperazine rings is 1. The number of hydrogen-bond acceptors (Lipinski definition) is 5. The van der Waals surface area contributed by atoms with Gasteiger partial charge in [-0.1, -0.05) is 39.3 Å². The van der Waals surface area contributed by atoms with Crippen molar-refractivity contribution < 1.29 is 8.42 Å². The molecule has 7 heteroatoms. The molecule has 4 rings (SSSR count). The SMILES string of the molecule is CC(C)(C)c1ccc(S(=O)(=O)N2CCN=C2N2CCN(C3CCC3)CC2)cc1. The molecule has 28 heavy (non-hydrogen) atoms. The topological polar surface area (TPSA) is 56.2 Å².